The molecule has 1 N–H and O–H groups in total. The molecule has 0 unspecified atom stereocenters. The Morgan fingerprint density at radius 3 is 3.06 bits per heavy atom. The van der Waals surface area contributed by atoms with Crippen LogP contribution in [0.25, 0.3) is 0 Å². The zero-order valence-electron chi connectivity index (χ0n) is 9.02. The van der Waals surface area contributed by atoms with Crippen molar-refractivity contribution in [2.75, 3.05) is 5.75 Å². The summed E-state index contributed by atoms with van der Waals surface area (Å²) < 4.78 is 3.21. The first-order chi connectivity index (χ1) is 8.15. The van der Waals surface area contributed by atoms with Crippen molar-refractivity contribution in [2.24, 2.45) is 7.05 Å². The Labute approximate surface area is 101 Å². The summed E-state index contributed by atoms with van der Waals surface area (Å²) in [5.41, 5.74) is 0.817. The summed E-state index contributed by atoms with van der Waals surface area (Å²) in [6.07, 6.45) is 1.82. The van der Waals surface area contributed by atoms with Crippen molar-refractivity contribution >= 4 is 17.7 Å². The van der Waals surface area contributed by atoms with Gasteiger partial charge < -0.3 is 5.11 Å². The van der Waals surface area contributed by atoms with Gasteiger partial charge in [0, 0.05) is 13.2 Å². The van der Waals surface area contributed by atoms with Crippen LogP contribution < -0.4 is 0 Å². The van der Waals surface area contributed by atoms with Crippen LogP contribution in [0, 0.1) is 0 Å². The monoisotopic (exact) mass is 254 g/mol. The van der Waals surface area contributed by atoms with E-state index >= 15 is 0 Å². The van der Waals surface area contributed by atoms with Gasteiger partial charge in [-0.3, -0.25) is 9.48 Å². The SMILES string of the molecule is Cn1ccc(Cn2nnnc2SCC(=O)O)n1. The first-order valence-electron chi connectivity index (χ1n) is 4.74. The van der Waals surface area contributed by atoms with Gasteiger partial charge in [-0.05, 0) is 16.5 Å². The fraction of sp³-hybridized carbons (Fsp3) is 0.375. The van der Waals surface area contributed by atoms with Crippen LogP contribution >= 0.6 is 11.8 Å². The highest BCUT2D eigenvalue weighted by molar-refractivity contribution is 7.99. The molecule has 90 valence electrons. The maximum absolute atomic E-state index is 10.5. The number of nitrogens with zero attached hydrogens (tertiary/aromatic N) is 6. The number of thioether (sulfide) groups is 1. The number of rotatable bonds is 5. The van der Waals surface area contributed by atoms with Crippen LogP contribution in [0.2, 0.25) is 0 Å². The number of carbonyl (C=O) groups is 1. The Morgan fingerprint density at radius 1 is 1.59 bits per heavy atom. The molecule has 0 spiro atoms. The number of carboxylic acid groups (broad SMARTS) is 1. The molecule has 0 saturated carbocycles. The molecular formula is C8H10N6O2S. The Hall–Kier alpha value is -1.90. The molecular weight excluding hydrogens is 244 g/mol. The molecule has 0 aliphatic carbocycles. The standard InChI is InChI=1S/C8H10N6O2S/c1-13-3-2-6(10-13)4-14-8(9-11-12-14)17-5-7(15)16/h2-3H,4-5H2,1H3,(H,15,16). The molecule has 0 aromatic carbocycles. The van der Waals surface area contributed by atoms with E-state index in [0.29, 0.717) is 11.7 Å². The molecule has 2 aromatic heterocycles. The number of carboxylic acids is 1. The molecule has 0 aliphatic rings. The van der Waals surface area contributed by atoms with Gasteiger partial charge in [0.15, 0.2) is 0 Å². The van der Waals surface area contributed by atoms with Crippen molar-refractivity contribution in [3.05, 3.63) is 18.0 Å². The van der Waals surface area contributed by atoms with Crippen LogP contribution in [0.15, 0.2) is 17.4 Å². The van der Waals surface area contributed by atoms with Gasteiger partial charge in [-0.15, -0.1) is 5.10 Å². The first-order valence-corrected chi connectivity index (χ1v) is 5.73. The lowest BCUT2D eigenvalue weighted by Gasteiger charge is -2.00. The summed E-state index contributed by atoms with van der Waals surface area (Å²) in [6.45, 7) is 0.426. The third-order valence-electron chi connectivity index (χ3n) is 1.90. The molecule has 2 heterocycles. The lowest BCUT2D eigenvalue weighted by Crippen LogP contribution is -2.06. The highest BCUT2D eigenvalue weighted by Crippen LogP contribution is 2.13. The van der Waals surface area contributed by atoms with E-state index in [1.165, 1.54) is 4.68 Å². The predicted molar refractivity (Wildman–Crippen MR) is 58.5 cm³/mol. The van der Waals surface area contributed by atoms with Crippen LogP contribution in [0.5, 0.6) is 0 Å². The van der Waals surface area contributed by atoms with Crippen molar-refractivity contribution < 1.29 is 9.90 Å². The number of hydrogen-bond donors (Lipinski definition) is 1. The largest absolute Gasteiger partial charge is 0.481 e. The summed E-state index contributed by atoms with van der Waals surface area (Å²) in [7, 11) is 1.82. The average Bonchev–Trinajstić information content (AvgIpc) is 2.86. The van der Waals surface area contributed by atoms with Crippen LogP contribution in [0.4, 0.5) is 0 Å². The number of tetrazole rings is 1. The maximum atomic E-state index is 10.5. The van der Waals surface area contributed by atoms with Gasteiger partial charge in [0.05, 0.1) is 18.0 Å². The lowest BCUT2D eigenvalue weighted by atomic mass is 10.4. The molecule has 0 atom stereocenters. The minimum atomic E-state index is -0.901. The van der Waals surface area contributed by atoms with Crippen molar-refractivity contribution in [2.45, 2.75) is 11.7 Å². The predicted octanol–water partition coefficient (Wildman–Crippen LogP) is -0.368. The van der Waals surface area contributed by atoms with Crippen molar-refractivity contribution in [1.29, 1.82) is 0 Å². The average molecular weight is 254 g/mol. The summed E-state index contributed by atoms with van der Waals surface area (Å²) >= 11 is 1.08. The fourth-order valence-corrected chi connectivity index (χ4v) is 1.82. The lowest BCUT2D eigenvalue weighted by molar-refractivity contribution is -0.133. The Balaban J connectivity index is 2.06. The Bertz CT molecular complexity index is 522. The number of aliphatic carboxylic acids is 1. The first kappa shape index (κ1) is 11.6. The highest BCUT2D eigenvalue weighted by atomic mass is 32.2. The highest BCUT2D eigenvalue weighted by Gasteiger charge is 2.10. The molecule has 0 amide bonds. The van der Waals surface area contributed by atoms with Crippen LogP contribution in [0.1, 0.15) is 5.69 Å². The van der Waals surface area contributed by atoms with Crippen molar-refractivity contribution in [1.82, 2.24) is 30.0 Å². The quantitative estimate of drug-likeness (QED) is 0.727. The summed E-state index contributed by atoms with van der Waals surface area (Å²) in [5.74, 6) is -0.967. The van der Waals surface area contributed by atoms with E-state index in [2.05, 4.69) is 20.6 Å². The molecule has 0 fully saturated rings. The zero-order chi connectivity index (χ0) is 12.3. The van der Waals surface area contributed by atoms with Gasteiger partial charge in [0.1, 0.15) is 0 Å². The third kappa shape index (κ3) is 3.03. The van der Waals surface area contributed by atoms with E-state index in [1.807, 2.05) is 19.3 Å². The van der Waals surface area contributed by atoms with Gasteiger partial charge >= 0.3 is 5.97 Å². The van der Waals surface area contributed by atoms with Gasteiger partial charge in [-0.2, -0.15) is 5.10 Å². The summed E-state index contributed by atoms with van der Waals surface area (Å²) in [6, 6.07) is 1.85. The molecule has 8 nitrogen and oxygen atoms in total. The molecule has 0 bridgehead atoms. The van der Waals surface area contributed by atoms with E-state index in [-0.39, 0.29) is 5.75 Å². The van der Waals surface area contributed by atoms with Gasteiger partial charge in [0.2, 0.25) is 5.16 Å². The minimum Gasteiger partial charge on any atom is -0.481 e. The van der Waals surface area contributed by atoms with Gasteiger partial charge in [-0.1, -0.05) is 11.8 Å². The van der Waals surface area contributed by atoms with Gasteiger partial charge in [-0.25, -0.2) is 4.68 Å². The normalized spacial score (nSPS) is 10.6. The molecule has 0 radical (unpaired) electrons. The van der Waals surface area contributed by atoms with Crippen LogP contribution in [0.3, 0.4) is 0 Å². The number of hydrogen-bond acceptors (Lipinski definition) is 6. The minimum absolute atomic E-state index is 0.0669. The molecule has 17 heavy (non-hydrogen) atoms. The second-order valence-corrected chi connectivity index (χ2v) is 4.22. The molecule has 9 heteroatoms. The van der Waals surface area contributed by atoms with Crippen molar-refractivity contribution in [3.63, 3.8) is 0 Å². The molecule has 2 aromatic rings. The van der Waals surface area contributed by atoms with E-state index < -0.39 is 5.97 Å². The summed E-state index contributed by atoms with van der Waals surface area (Å²) in [4.78, 5) is 10.5. The second kappa shape index (κ2) is 4.95. The molecule has 0 saturated heterocycles. The van der Waals surface area contributed by atoms with Crippen molar-refractivity contribution in [3.8, 4) is 0 Å². The summed E-state index contributed by atoms with van der Waals surface area (Å²) in [5, 5.41) is 24.3. The third-order valence-corrected chi connectivity index (χ3v) is 2.85. The topological polar surface area (TPSA) is 98.7 Å². The van der Waals surface area contributed by atoms with Crippen LogP contribution in [-0.4, -0.2) is 46.8 Å². The van der Waals surface area contributed by atoms with E-state index in [0.717, 1.165) is 17.5 Å². The van der Waals surface area contributed by atoms with E-state index in [4.69, 9.17) is 5.11 Å². The zero-order valence-corrected chi connectivity index (χ0v) is 9.83. The number of aromatic nitrogens is 6. The smallest absolute Gasteiger partial charge is 0.313 e. The van der Waals surface area contributed by atoms with E-state index in [1.54, 1.807) is 4.68 Å². The van der Waals surface area contributed by atoms with E-state index in [9.17, 15) is 4.79 Å². The number of aryl methyl sites for hydroxylation is 1. The van der Waals surface area contributed by atoms with Gasteiger partial charge in [0.25, 0.3) is 0 Å². The molecule has 0 aliphatic heterocycles. The Kier molecular flexibility index (Phi) is 3.38. The second-order valence-electron chi connectivity index (χ2n) is 3.28. The molecule has 2 rings (SSSR count). The maximum Gasteiger partial charge on any atom is 0.313 e. The Morgan fingerprint density at radius 2 is 2.41 bits per heavy atom. The fourth-order valence-electron chi connectivity index (χ4n) is 1.23. The van der Waals surface area contributed by atoms with Crippen LogP contribution in [-0.2, 0) is 18.4 Å².